The lowest BCUT2D eigenvalue weighted by molar-refractivity contribution is -0.0190. The minimum Gasteiger partial charge on any atom is -0.494 e. The second-order valence-corrected chi connectivity index (χ2v) is 7.21. The summed E-state index contributed by atoms with van der Waals surface area (Å²) in [4.78, 5) is 0. The molecule has 1 aromatic heterocycles. The van der Waals surface area contributed by atoms with Crippen LogP contribution in [-0.4, -0.2) is 17.3 Å². The Morgan fingerprint density at radius 1 is 1.18 bits per heavy atom. The molecule has 0 aliphatic carbocycles. The van der Waals surface area contributed by atoms with Gasteiger partial charge < -0.3 is 13.9 Å². The van der Waals surface area contributed by atoms with E-state index in [0.29, 0.717) is 11.6 Å². The Morgan fingerprint density at radius 2 is 2.04 bits per heavy atom. The number of ether oxygens (including phenoxy) is 2. The van der Waals surface area contributed by atoms with Crippen molar-refractivity contribution in [1.82, 2.24) is 5.01 Å². The number of hydrogen-bond donors (Lipinski definition) is 0. The van der Waals surface area contributed by atoms with Gasteiger partial charge in [-0.1, -0.05) is 11.6 Å². The van der Waals surface area contributed by atoms with E-state index in [1.54, 1.807) is 6.26 Å². The fourth-order valence-electron chi connectivity index (χ4n) is 3.76. The number of rotatable bonds is 4. The van der Waals surface area contributed by atoms with E-state index in [-0.39, 0.29) is 12.3 Å². The van der Waals surface area contributed by atoms with Gasteiger partial charge in [0.2, 0.25) is 6.23 Å². The lowest BCUT2D eigenvalue weighted by Crippen LogP contribution is -2.33. The molecule has 2 atom stereocenters. The first-order valence-electron chi connectivity index (χ1n) is 9.31. The number of halogens is 1. The van der Waals surface area contributed by atoms with Crippen LogP contribution in [0.1, 0.15) is 42.5 Å². The van der Waals surface area contributed by atoms with Crippen molar-refractivity contribution in [3.63, 3.8) is 0 Å². The molecule has 2 aromatic carbocycles. The van der Waals surface area contributed by atoms with E-state index in [4.69, 9.17) is 30.6 Å². The summed E-state index contributed by atoms with van der Waals surface area (Å²) in [6, 6.07) is 17.6. The predicted octanol–water partition coefficient (Wildman–Crippen LogP) is 5.57. The van der Waals surface area contributed by atoms with Gasteiger partial charge in [-0.05, 0) is 61.5 Å². The van der Waals surface area contributed by atoms with Gasteiger partial charge in [0.25, 0.3) is 0 Å². The highest BCUT2D eigenvalue weighted by Crippen LogP contribution is 2.48. The molecule has 5 nitrogen and oxygen atoms in total. The van der Waals surface area contributed by atoms with Crippen LogP contribution in [0.15, 0.2) is 70.4 Å². The minimum atomic E-state index is -0.332. The normalized spacial score (nSPS) is 20.2. The molecular formula is C22H19ClN2O3. The SMILES string of the molecule is CCOc1ccc([C@H]2Oc3ccc(Cl)cc3[C@H]3CC(c4ccco4)=NN32)cc1. The molecule has 2 aliphatic heterocycles. The molecule has 0 amide bonds. The van der Waals surface area contributed by atoms with E-state index in [1.807, 2.05) is 66.5 Å². The van der Waals surface area contributed by atoms with Crippen LogP contribution in [0.5, 0.6) is 11.5 Å². The Hall–Kier alpha value is -2.92. The van der Waals surface area contributed by atoms with E-state index in [1.165, 1.54) is 0 Å². The van der Waals surface area contributed by atoms with Crippen molar-refractivity contribution in [2.75, 3.05) is 6.61 Å². The summed E-state index contributed by atoms with van der Waals surface area (Å²) in [6.07, 6.45) is 2.07. The molecule has 0 spiro atoms. The van der Waals surface area contributed by atoms with Crippen LogP contribution in [0.4, 0.5) is 0 Å². The van der Waals surface area contributed by atoms with Gasteiger partial charge in [0.15, 0.2) is 0 Å². The number of furan rings is 1. The van der Waals surface area contributed by atoms with Crippen molar-refractivity contribution in [3.8, 4) is 11.5 Å². The van der Waals surface area contributed by atoms with Crippen LogP contribution in [0.2, 0.25) is 5.02 Å². The van der Waals surface area contributed by atoms with E-state index in [9.17, 15) is 0 Å². The molecule has 142 valence electrons. The maximum Gasteiger partial charge on any atom is 0.213 e. The summed E-state index contributed by atoms with van der Waals surface area (Å²) in [5.41, 5.74) is 2.96. The van der Waals surface area contributed by atoms with Gasteiger partial charge in [-0.25, -0.2) is 5.01 Å². The Balaban J connectivity index is 1.55. The zero-order valence-electron chi connectivity index (χ0n) is 15.3. The van der Waals surface area contributed by atoms with Gasteiger partial charge in [0.05, 0.1) is 18.9 Å². The first kappa shape index (κ1) is 17.2. The van der Waals surface area contributed by atoms with Crippen LogP contribution in [0.25, 0.3) is 0 Å². The summed E-state index contributed by atoms with van der Waals surface area (Å²) in [5.74, 6) is 2.45. The van der Waals surface area contributed by atoms with Crippen molar-refractivity contribution < 1.29 is 13.9 Å². The second kappa shape index (κ2) is 6.91. The number of hydrazone groups is 1. The van der Waals surface area contributed by atoms with E-state index in [0.717, 1.165) is 40.5 Å². The molecule has 0 saturated carbocycles. The highest BCUT2D eigenvalue weighted by molar-refractivity contribution is 6.30. The van der Waals surface area contributed by atoms with Gasteiger partial charge in [0.1, 0.15) is 23.0 Å². The fraction of sp³-hybridized carbons (Fsp3) is 0.227. The standard InChI is InChI=1S/C22H19ClN2O3/c1-2-26-16-8-5-14(6-9-16)22-25-19(13-18(24-25)21-4-3-11-27-21)17-12-15(23)7-10-20(17)28-22/h3-12,19,22H,2,13H2,1H3/t19-,22-/m1/s1. The quantitative estimate of drug-likeness (QED) is 0.580. The molecule has 3 aromatic rings. The molecule has 6 heteroatoms. The molecule has 3 heterocycles. The zero-order valence-corrected chi connectivity index (χ0v) is 16.1. The molecule has 0 N–H and O–H groups in total. The molecule has 0 radical (unpaired) electrons. The van der Waals surface area contributed by atoms with Crippen molar-refractivity contribution in [2.24, 2.45) is 5.10 Å². The number of hydrogen-bond acceptors (Lipinski definition) is 5. The van der Waals surface area contributed by atoms with Gasteiger partial charge in [-0.2, -0.15) is 5.10 Å². The number of nitrogens with zero attached hydrogens (tertiary/aromatic N) is 2. The first-order chi connectivity index (χ1) is 13.7. The maximum absolute atomic E-state index is 6.34. The third-order valence-electron chi connectivity index (χ3n) is 5.03. The van der Waals surface area contributed by atoms with Crippen LogP contribution in [0, 0.1) is 0 Å². The maximum atomic E-state index is 6.34. The summed E-state index contributed by atoms with van der Waals surface area (Å²) in [7, 11) is 0. The van der Waals surface area contributed by atoms with Crippen LogP contribution >= 0.6 is 11.6 Å². The molecule has 0 bridgehead atoms. The van der Waals surface area contributed by atoms with Crippen molar-refractivity contribution >= 4 is 17.3 Å². The van der Waals surface area contributed by atoms with Gasteiger partial charge in [0, 0.05) is 22.6 Å². The third kappa shape index (κ3) is 2.92. The highest BCUT2D eigenvalue weighted by atomic mass is 35.5. The van der Waals surface area contributed by atoms with E-state index < -0.39 is 0 Å². The van der Waals surface area contributed by atoms with E-state index >= 15 is 0 Å². The molecule has 2 aliphatic rings. The molecule has 28 heavy (non-hydrogen) atoms. The number of benzene rings is 2. The Bertz CT molecular complexity index is 1010. The predicted molar refractivity (Wildman–Crippen MR) is 107 cm³/mol. The minimum absolute atomic E-state index is 0.0409. The monoisotopic (exact) mass is 394 g/mol. The average Bonchev–Trinajstić information content (AvgIpc) is 3.38. The molecule has 0 unspecified atom stereocenters. The van der Waals surface area contributed by atoms with Crippen LogP contribution < -0.4 is 9.47 Å². The third-order valence-corrected chi connectivity index (χ3v) is 5.27. The van der Waals surface area contributed by atoms with Crippen LogP contribution in [0.3, 0.4) is 0 Å². The smallest absolute Gasteiger partial charge is 0.213 e. The molecule has 5 rings (SSSR count). The van der Waals surface area contributed by atoms with Crippen molar-refractivity contribution in [1.29, 1.82) is 0 Å². The Labute approximate surface area is 168 Å². The van der Waals surface area contributed by atoms with E-state index in [2.05, 4.69) is 0 Å². The van der Waals surface area contributed by atoms with Gasteiger partial charge in [-0.3, -0.25) is 0 Å². The molecule has 0 fully saturated rings. The van der Waals surface area contributed by atoms with Gasteiger partial charge in [-0.15, -0.1) is 0 Å². The lowest BCUT2D eigenvalue weighted by Gasteiger charge is -2.38. The largest absolute Gasteiger partial charge is 0.494 e. The lowest BCUT2D eigenvalue weighted by atomic mass is 9.97. The second-order valence-electron chi connectivity index (χ2n) is 6.78. The summed E-state index contributed by atoms with van der Waals surface area (Å²) in [6.45, 7) is 2.61. The fourth-order valence-corrected chi connectivity index (χ4v) is 3.95. The zero-order chi connectivity index (χ0) is 19.1. The van der Waals surface area contributed by atoms with Gasteiger partial charge >= 0.3 is 0 Å². The Morgan fingerprint density at radius 3 is 2.79 bits per heavy atom. The average molecular weight is 395 g/mol. The molecular weight excluding hydrogens is 376 g/mol. The summed E-state index contributed by atoms with van der Waals surface area (Å²) in [5, 5.41) is 7.55. The van der Waals surface area contributed by atoms with Crippen molar-refractivity contribution in [3.05, 3.63) is 82.8 Å². The first-order valence-corrected chi connectivity index (χ1v) is 9.69. The topological polar surface area (TPSA) is 47.2 Å². The van der Waals surface area contributed by atoms with Crippen LogP contribution in [-0.2, 0) is 0 Å². The van der Waals surface area contributed by atoms with Crippen molar-refractivity contribution in [2.45, 2.75) is 25.6 Å². The summed E-state index contributed by atoms with van der Waals surface area (Å²) < 4.78 is 17.5. The number of fused-ring (bicyclic) bond motifs is 3. The highest BCUT2D eigenvalue weighted by Gasteiger charge is 2.41. The molecule has 0 saturated heterocycles. The summed E-state index contributed by atoms with van der Waals surface area (Å²) >= 11 is 6.26. The Kier molecular flexibility index (Phi) is 4.24.